The fourth-order valence-electron chi connectivity index (χ4n) is 2.58. The number of hydrogen-bond donors (Lipinski definition) is 1. The quantitative estimate of drug-likeness (QED) is 0.499. The van der Waals surface area contributed by atoms with E-state index in [9.17, 15) is 9.59 Å². The van der Waals surface area contributed by atoms with Crippen LogP contribution in [0.3, 0.4) is 0 Å². The zero-order valence-electron chi connectivity index (χ0n) is 16.7. The molecule has 31 heavy (non-hydrogen) atoms. The number of nitrogens with one attached hydrogen (secondary N) is 1. The summed E-state index contributed by atoms with van der Waals surface area (Å²) in [6.07, 6.45) is 0. The molecule has 0 fully saturated rings. The van der Waals surface area contributed by atoms with Gasteiger partial charge >= 0.3 is 0 Å². The number of carbonyl (C=O) groups excluding carboxylic acids is 2. The lowest BCUT2D eigenvalue weighted by Crippen LogP contribution is -2.37. The lowest BCUT2D eigenvalue weighted by molar-refractivity contribution is -0.135. The average Bonchev–Trinajstić information content (AvgIpc) is 2.76. The van der Waals surface area contributed by atoms with E-state index in [-0.39, 0.29) is 19.1 Å². The van der Waals surface area contributed by atoms with Crippen molar-refractivity contribution >= 4 is 40.7 Å². The fraction of sp³-hybridized carbons (Fsp3) is 0.130. The molecule has 3 rings (SSSR count). The number of ether oxygens (including phenoxy) is 2. The number of anilines is 1. The van der Waals surface area contributed by atoms with Gasteiger partial charge in [-0.2, -0.15) is 0 Å². The summed E-state index contributed by atoms with van der Waals surface area (Å²) in [5.74, 6) is 1.11. The molecule has 0 radical (unpaired) electrons. The van der Waals surface area contributed by atoms with E-state index in [1.807, 2.05) is 30.3 Å². The Morgan fingerprint density at radius 2 is 1.42 bits per heavy atom. The molecule has 2 amide bonds. The van der Waals surface area contributed by atoms with Gasteiger partial charge in [0.2, 0.25) is 5.91 Å². The van der Waals surface area contributed by atoms with E-state index < -0.39 is 5.91 Å². The Kier molecular flexibility index (Phi) is 7.76. The van der Waals surface area contributed by atoms with Crippen LogP contribution < -0.4 is 14.8 Å². The standard InChI is InChI=1S/C23H20Cl2N2O4/c1-27(14-21(28)26-23-19(24)8-5-9-20(23)25)22(29)15-30-16-10-12-18(13-11-16)31-17-6-3-2-4-7-17/h2-13H,14-15H2,1H3,(H,26,28). The predicted molar refractivity (Wildman–Crippen MR) is 121 cm³/mol. The Bertz CT molecular complexity index is 1020. The van der Waals surface area contributed by atoms with Crippen molar-refractivity contribution in [1.82, 2.24) is 4.90 Å². The largest absolute Gasteiger partial charge is 0.484 e. The third-order valence-corrected chi connectivity index (χ3v) is 4.83. The van der Waals surface area contributed by atoms with Crippen LogP contribution in [0.1, 0.15) is 0 Å². The third-order valence-electron chi connectivity index (χ3n) is 4.20. The van der Waals surface area contributed by atoms with Crippen LogP contribution >= 0.6 is 23.2 Å². The Labute approximate surface area is 190 Å². The monoisotopic (exact) mass is 458 g/mol. The maximum atomic E-state index is 12.3. The van der Waals surface area contributed by atoms with Crippen molar-refractivity contribution in [2.24, 2.45) is 0 Å². The summed E-state index contributed by atoms with van der Waals surface area (Å²) in [6, 6.07) is 21.2. The first-order valence-electron chi connectivity index (χ1n) is 9.36. The highest BCUT2D eigenvalue weighted by Gasteiger charge is 2.16. The third kappa shape index (κ3) is 6.64. The summed E-state index contributed by atoms with van der Waals surface area (Å²) in [7, 11) is 1.51. The molecule has 160 valence electrons. The number of rotatable bonds is 8. The van der Waals surface area contributed by atoms with Crippen LogP contribution in [0.15, 0.2) is 72.8 Å². The first-order valence-corrected chi connectivity index (χ1v) is 10.1. The van der Waals surface area contributed by atoms with Crippen molar-refractivity contribution in [2.45, 2.75) is 0 Å². The van der Waals surface area contributed by atoms with Gasteiger partial charge in [0, 0.05) is 7.05 Å². The van der Waals surface area contributed by atoms with Crippen LogP contribution in [0.5, 0.6) is 17.2 Å². The number of hydrogen-bond acceptors (Lipinski definition) is 4. The summed E-state index contributed by atoms with van der Waals surface area (Å²) >= 11 is 12.1. The highest BCUT2D eigenvalue weighted by molar-refractivity contribution is 6.39. The molecule has 6 nitrogen and oxygen atoms in total. The van der Waals surface area contributed by atoms with E-state index in [0.717, 1.165) is 5.75 Å². The van der Waals surface area contributed by atoms with E-state index in [4.69, 9.17) is 32.7 Å². The van der Waals surface area contributed by atoms with Crippen molar-refractivity contribution in [3.8, 4) is 17.2 Å². The van der Waals surface area contributed by atoms with E-state index >= 15 is 0 Å². The molecule has 0 unspecified atom stereocenters. The second-order valence-corrected chi connectivity index (χ2v) is 7.38. The van der Waals surface area contributed by atoms with Crippen LogP contribution in [0.4, 0.5) is 5.69 Å². The smallest absolute Gasteiger partial charge is 0.260 e. The first-order chi connectivity index (χ1) is 14.9. The lowest BCUT2D eigenvalue weighted by Gasteiger charge is -2.18. The normalized spacial score (nSPS) is 10.3. The summed E-state index contributed by atoms with van der Waals surface area (Å²) < 4.78 is 11.2. The van der Waals surface area contributed by atoms with Crippen molar-refractivity contribution in [1.29, 1.82) is 0 Å². The molecule has 1 N–H and O–H groups in total. The van der Waals surface area contributed by atoms with Gasteiger partial charge in [-0.1, -0.05) is 47.5 Å². The number of para-hydroxylation sites is 2. The minimum atomic E-state index is -0.423. The number of likely N-dealkylation sites (N-methyl/N-ethyl adjacent to an activating group) is 1. The van der Waals surface area contributed by atoms with E-state index in [1.54, 1.807) is 42.5 Å². The number of halogens is 2. The summed E-state index contributed by atoms with van der Waals surface area (Å²) in [6.45, 7) is -0.386. The zero-order chi connectivity index (χ0) is 22.2. The molecule has 3 aromatic carbocycles. The predicted octanol–water partition coefficient (Wildman–Crippen LogP) is 5.26. The molecule has 0 spiro atoms. The van der Waals surface area contributed by atoms with E-state index in [2.05, 4.69) is 5.32 Å². The SMILES string of the molecule is CN(CC(=O)Nc1c(Cl)cccc1Cl)C(=O)COc1ccc(Oc2ccccc2)cc1. The molecular weight excluding hydrogens is 439 g/mol. The van der Waals surface area contributed by atoms with Crippen LogP contribution in [0, 0.1) is 0 Å². The maximum Gasteiger partial charge on any atom is 0.260 e. The van der Waals surface area contributed by atoms with Gasteiger partial charge in [0.05, 0.1) is 22.3 Å². The molecule has 0 atom stereocenters. The van der Waals surface area contributed by atoms with Crippen LogP contribution in [0.25, 0.3) is 0 Å². The van der Waals surface area contributed by atoms with Gasteiger partial charge in [-0.15, -0.1) is 0 Å². The van der Waals surface area contributed by atoms with Crippen LogP contribution in [0.2, 0.25) is 10.0 Å². The van der Waals surface area contributed by atoms with Gasteiger partial charge < -0.3 is 19.7 Å². The number of carbonyl (C=O) groups is 2. The second-order valence-electron chi connectivity index (χ2n) is 6.57. The average molecular weight is 459 g/mol. The highest BCUT2D eigenvalue weighted by atomic mass is 35.5. The van der Waals surface area contributed by atoms with Crippen molar-refractivity contribution in [3.63, 3.8) is 0 Å². The van der Waals surface area contributed by atoms with Gasteiger partial charge in [0.1, 0.15) is 17.2 Å². The maximum absolute atomic E-state index is 12.3. The van der Waals surface area contributed by atoms with Crippen molar-refractivity contribution < 1.29 is 19.1 Å². The van der Waals surface area contributed by atoms with Crippen LogP contribution in [-0.4, -0.2) is 36.9 Å². The Hall–Kier alpha value is -3.22. The number of amides is 2. The lowest BCUT2D eigenvalue weighted by atomic mass is 10.3. The Balaban J connectivity index is 1.47. The summed E-state index contributed by atoms with van der Waals surface area (Å²) in [5.41, 5.74) is 0.311. The minimum Gasteiger partial charge on any atom is -0.484 e. The van der Waals surface area contributed by atoms with Gasteiger partial charge in [-0.25, -0.2) is 0 Å². The van der Waals surface area contributed by atoms with Crippen LogP contribution in [-0.2, 0) is 9.59 Å². The minimum absolute atomic E-state index is 0.173. The number of benzene rings is 3. The molecule has 0 aliphatic carbocycles. The van der Waals surface area contributed by atoms with Crippen molar-refractivity contribution in [2.75, 3.05) is 25.5 Å². The fourth-order valence-corrected chi connectivity index (χ4v) is 3.08. The molecule has 3 aromatic rings. The second kappa shape index (κ2) is 10.7. The topological polar surface area (TPSA) is 67.9 Å². The van der Waals surface area contributed by atoms with Gasteiger partial charge in [-0.3, -0.25) is 9.59 Å². The van der Waals surface area contributed by atoms with E-state index in [1.165, 1.54) is 11.9 Å². The first kappa shape index (κ1) is 22.5. The van der Waals surface area contributed by atoms with E-state index in [0.29, 0.717) is 27.2 Å². The molecule has 0 bridgehead atoms. The van der Waals surface area contributed by atoms with Gasteiger partial charge in [0.15, 0.2) is 6.61 Å². The zero-order valence-corrected chi connectivity index (χ0v) is 18.2. The molecule has 0 saturated carbocycles. The molecule has 0 aliphatic rings. The molecule has 0 heterocycles. The van der Waals surface area contributed by atoms with Gasteiger partial charge in [-0.05, 0) is 48.5 Å². The summed E-state index contributed by atoms with van der Waals surface area (Å²) in [5, 5.41) is 3.25. The molecule has 0 aromatic heterocycles. The molecular formula is C23H20Cl2N2O4. The Morgan fingerprint density at radius 3 is 2.06 bits per heavy atom. The van der Waals surface area contributed by atoms with Crippen molar-refractivity contribution in [3.05, 3.63) is 82.8 Å². The molecule has 0 aliphatic heterocycles. The Morgan fingerprint density at radius 1 is 0.839 bits per heavy atom. The number of nitrogens with zero attached hydrogens (tertiary/aromatic N) is 1. The van der Waals surface area contributed by atoms with Gasteiger partial charge in [0.25, 0.3) is 5.91 Å². The molecule has 8 heteroatoms. The highest BCUT2D eigenvalue weighted by Crippen LogP contribution is 2.29. The molecule has 0 saturated heterocycles. The summed E-state index contributed by atoms with van der Waals surface area (Å²) in [4.78, 5) is 25.8.